The van der Waals surface area contributed by atoms with Crippen LogP contribution < -0.4 is 9.05 Å². The van der Waals surface area contributed by atoms with Gasteiger partial charge in [-0.2, -0.15) is 0 Å². The molecule has 2 aromatic carbocycles. The second-order valence-corrected chi connectivity index (χ2v) is 11.6. The molecule has 4 nitrogen and oxygen atoms in total. The van der Waals surface area contributed by atoms with Crippen LogP contribution in [-0.4, -0.2) is 4.89 Å². The van der Waals surface area contributed by atoms with Crippen molar-refractivity contribution in [1.29, 1.82) is 0 Å². The standard InChI is InChI=1S/C26H39O4P/c1-9-11-19-17-21(25(3,4)5)13-15-23(19)29-31(27,28)30-24-16-14-22(26(6,7)8)18-20(24)12-10-2/h13-18H,9-12H2,1-8H3,(H,27,28). The summed E-state index contributed by atoms with van der Waals surface area (Å²) in [5.74, 6) is 0.813. The lowest BCUT2D eigenvalue weighted by atomic mass is 9.85. The number of hydrogen-bond donors (Lipinski definition) is 1. The van der Waals surface area contributed by atoms with E-state index in [1.807, 2.05) is 12.1 Å². The molecule has 172 valence electrons. The molecule has 0 saturated carbocycles. The van der Waals surface area contributed by atoms with Crippen LogP contribution in [0.2, 0.25) is 0 Å². The van der Waals surface area contributed by atoms with Crippen LogP contribution in [0.3, 0.4) is 0 Å². The molecule has 0 aliphatic heterocycles. The zero-order chi connectivity index (χ0) is 23.4. The Bertz CT molecular complexity index is 862. The Kier molecular flexibility index (Phi) is 8.05. The van der Waals surface area contributed by atoms with E-state index in [1.165, 1.54) is 11.1 Å². The van der Waals surface area contributed by atoms with E-state index in [9.17, 15) is 9.46 Å². The average molecular weight is 447 g/mol. The van der Waals surface area contributed by atoms with Gasteiger partial charge in [-0.1, -0.05) is 92.5 Å². The monoisotopic (exact) mass is 446 g/mol. The first-order valence-electron chi connectivity index (χ1n) is 11.3. The highest BCUT2D eigenvalue weighted by molar-refractivity contribution is 7.48. The van der Waals surface area contributed by atoms with Gasteiger partial charge in [0.1, 0.15) is 11.5 Å². The highest BCUT2D eigenvalue weighted by atomic mass is 31.2. The summed E-state index contributed by atoms with van der Waals surface area (Å²) in [6.07, 6.45) is 3.35. The van der Waals surface area contributed by atoms with Crippen LogP contribution in [0.15, 0.2) is 36.4 Å². The minimum Gasteiger partial charge on any atom is -0.395 e. The summed E-state index contributed by atoms with van der Waals surface area (Å²) in [6.45, 7) is 17.0. The molecule has 0 radical (unpaired) electrons. The Balaban J connectivity index is 2.34. The fraction of sp³-hybridized carbons (Fsp3) is 0.538. The van der Waals surface area contributed by atoms with Crippen molar-refractivity contribution in [1.82, 2.24) is 0 Å². The molecule has 0 aromatic heterocycles. The molecule has 0 unspecified atom stereocenters. The summed E-state index contributed by atoms with van der Waals surface area (Å²) in [6, 6.07) is 11.6. The van der Waals surface area contributed by atoms with E-state index < -0.39 is 7.82 Å². The molecule has 0 saturated heterocycles. The third-order valence-corrected chi connectivity index (χ3v) is 6.17. The van der Waals surface area contributed by atoms with Gasteiger partial charge >= 0.3 is 7.82 Å². The molecular formula is C26H39O4P. The van der Waals surface area contributed by atoms with Gasteiger partial charge in [-0.25, -0.2) is 4.57 Å². The van der Waals surface area contributed by atoms with Gasteiger partial charge in [-0.05, 0) is 58.1 Å². The minimum absolute atomic E-state index is 0.00964. The van der Waals surface area contributed by atoms with Gasteiger partial charge in [0.2, 0.25) is 0 Å². The topological polar surface area (TPSA) is 55.8 Å². The predicted octanol–water partition coefficient (Wildman–Crippen LogP) is 7.74. The fourth-order valence-electron chi connectivity index (χ4n) is 3.47. The first-order valence-corrected chi connectivity index (χ1v) is 12.7. The highest BCUT2D eigenvalue weighted by Crippen LogP contribution is 2.47. The van der Waals surface area contributed by atoms with Crippen LogP contribution in [0, 0.1) is 0 Å². The highest BCUT2D eigenvalue weighted by Gasteiger charge is 2.28. The van der Waals surface area contributed by atoms with Crippen LogP contribution in [0.4, 0.5) is 0 Å². The van der Waals surface area contributed by atoms with Gasteiger partial charge in [0, 0.05) is 0 Å². The van der Waals surface area contributed by atoms with Crippen LogP contribution in [0.5, 0.6) is 11.5 Å². The van der Waals surface area contributed by atoms with Gasteiger partial charge in [0.15, 0.2) is 0 Å². The second-order valence-electron chi connectivity index (χ2n) is 10.3. The lowest BCUT2D eigenvalue weighted by molar-refractivity contribution is 0.288. The van der Waals surface area contributed by atoms with Gasteiger partial charge in [0.05, 0.1) is 0 Å². The summed E-state index contributed by atoms with van der Waals surface area (Å²) in [5.41, 5.74) is 4.16. The molecule has 0 aliphatic carbocycles. The van der Waals surface area contributed by atoms with Crippen molar-refractivity contribution in [2.45, 2.75) is 91.9 Å². The largest absolute Gasteiger partial charge is 0.584 e. The molecule has 2 rings (SSSR count). The lowest BCUT2D eigenvalue weighted by Crippen LogP contribution is -2.12. The first kappa shape index (κ1) is 25.5. The molecule has 0 heterocycles. The van der Waals surface area contributed by atoms with Crippen molar-refractivity contribution in [3.63, 3.8) is 0 Å². The summed E-state index contributed by atoms with van der Waals surface area (Å²) in [7, 11) is -4.35. The summed E-state index contributed by atoms with van der Waals surface area (Å²) in [4.78, 5) is 10.6. The predicted molar refractivity (Wildman–Crippen MR) is 129 cm³/mol. The Labute approximate surface area is 188 Å². The minimum atomic E-state index is -4.35. The number of aryl methyl sites for hydroxylation is 2. The van der Waals surface area contributed by atoms with Crippen molar-refractivity contribution in [3.8, 4) is 11.5 Å². The maximum Gasteiger partial charge on any atom is 0.584 e. The number of phosphoric ester groups is 1. The van der Waals surface area contributed by atoms with Crippen LogP contribution in [0.1, 0.15) is 90.5 Å². The Morgan fingerprint density at radius 3 is 1.39 bits per heavy atom. The zero-order valence-corrected chi connectivity index (χ0v) is 21.3. The summed E-state index contributed by atoms with van der Waals surface area (Å²) >= 11 is 0. The Morgan fingerprint density at radius 1 is 0.742 bits per heavy atom. The molecular weight excluding hydrogens is 407 g/mol. The van der Waals surface area contributed by atoms with Gasteiger partial charge < -0.3 is 9.05 Å². The van der Waals surface area contributed by atoms with Gasteiger partial charge in [-0.3, -0.25) is 4.89 Å². The third kappa shape index (κ3) is 7.12. The van der Waals surface area contributed by atoms with E-state index in [0.717, 1.165) is 36.8 Å². The van der Waals surface area contributed by atoms with Crippen molar-refractivity contribution < 1.29 is 18.5 Å². The van der Waals surface area contributed by atoms with Crippen molar-refractivity contribution in [2.24, 2.45) is 0 Å². The molecule has 0 amide bonds. The normalized spacial score (nSPS) is 12.7. The molecule has 0 atom stereocenters. The van der Waals surface area contributed by atoms with Gasteiger partial charge in [-0.15, -0.1) is 0 Å². The molecule has 0 fully saturated rings. The number of phosphoric acid groups is 1. The lowest BCUT2D eigenvalue weighted by Gasteiger charge is -2.23. The van der Waals surface area contributed by atoms with Crippen molar-refractivity contribution in [3.05, 3.63) is 58.7 Å². The molecule has 0 bridgehead atoms. The van der Waals surface area contributed by atoms with E-state index in [4.69, 9.17) is 9.05 Å². The maximum atomic E-state index is 12.9. The number of benzene rings is 2. The van der Waals surface area contributed by atoms with Crippen molar-refractivity contribution in [2.75, 3.05) is 0 Å². The van der Waals surface area contributed by atoms with E-state index in [-0.39, 0.29) is 10.8 Å². The molecule has 5 heteroatoms. The first-order chi connectivity index (χ1) is 14.3. The van der Waals surface area contributed by atoms with E-state index in [2.05, 4.69) is 67.5 Å². The van der Waals surface area contributed by atoms with Crippen LogP contribution >= 0.6 is 7.82 Å². The second kappa shape index (κ2) is 9.79. The fourth-order valence-corrected chi connectivity index (χ4v) is 4.36. The summed E-state index contributed by atoms with van der Waals surface area (Å²) < 4.78 is 24.1. The number of rotatable bonds is 8. The third-order valence-electron chi connectivity index (χ3n) is 5.32. The van der Waals surface area contributed by atoms with E-state index >= 15 is 0 Å². The van der Waals surface area contributed by atoms with Gasteiger partial charge in [0.25, 0.3) is 0 Å². The average Bonchev–Trinajstić information content (AvgIpc) is 2.62. The quantitative estimate of drug-likeness (QED) is 0.421. The number of hydrogen-bond acceptors (Lipinski definition) is 3. The Morgan fingerprint density at radius 2 is 1.10 bits per heavy atom. The smallest absolute Gasteiger partial charge is 0.395 e. The zero-order valence-electron chi connectivity index (χ0n) is 20.4. The van der Waals surface area contributed by atoms with E-state index in [1.54, 1.807) is 12.1 Å². The SMILES string of the molecule is CCCc1cc(C(C)(C)C)ccc1OP(=O)(O)Oc1ccc(C(C)(C)C)cc1CCC. The molecule has 2 aromatic rings. The van der Waals surface area contributed by atoms with Crippen molar-refractivity contribution >= 4 is 7.82 Å². The van der Waals surface area contributed by atoms with E-state index in [0.29, 0.717) is 11.5 Å². The summed E-state index contributed by atoms with van der Waals surface area (Å²) in [5, 5.41) is 0. The Hall–Kier alpha value is -1.77. The molecule has 0 spiro atoms. The van der Waals surface area contributed by atoms with Crippen LogP contribution in [0.25, 0.3) is 0 Å². The maximum absolute atomic E-state index is 12.9. The molecule has 0 aliphatic rings. The van der Waals surface area contributed by atoms with Crippen LogP contribution in [-0.2, 0) is 28.2 Å². The molecule has 31 heavy (non-hydrogen) atoms. The molecule has 1 N–H and O–H groups in total.